The molecule has 4 aromatic rings. The molecular weight excluding hydrogens is 458 g/mol. The third-order valence-electron chi connectivity index (χ3n) is 8.84. The molecule has 37 heavy (non-hydrogen) atoms. The van der Waals surface area contributed by atoms with Crippen molar-refractivity contribution in [1.29, 1.82) is 0 Å². The van der Waals surface area contributed by atoms with Gasteiger partial charge in [-0.1, -0.05) is 48.0 Å². The van der Waals surface area contributed by atoms with Crippen LogP contribution in [0.25, 0.3) is 5.69 Å². The zero-order valence-electron chi connectivity index (χ0n) is 21.3. The van der Waals surface area contributed by atoms with Crippen LogP contribution in [0, 0.1) is 24.7 Å². The van der Waals surface area contributed by atoms with Crippen molar-refractivity contribution in [3.63, 3.8) is 0 Å². The Hall–Kier alpha value is -3.67. The minimum atomic E-state index is -0.0944. The zero-order chi connectivity index (χ0) is 25.0. The third kappa shape index (κ3) is 4.18. The van der Waals surface area contributed by atoms with Crippen molar-refractivity contribution in [3.8, 4) is 5.69 Å². The predicted molar refractivity (Wildman–Crippen MR) is 144 cm³/mol. The van der Waals surface area contributed by atoms with E-state index in [1.807, 2.05) is 52.1 Å². The van der Waals surface area contributed by atoms with Crippen molar-refractivity contribution in [3.05, 3.63) is 95.6 Å². The van der Waals surface area contributed by atoms with Crippen molar-refractivity contribution in [2.45, 2.75) is 57.4 Å². The summed E-state index contributed by atoms with van der Waals surface area (Å²) in [6, 6.07) is 18.6. The van der Waals surface area contributed by atoms with Gasteiger partial charge in [-0.2, -0.15) is 10.2 Å². The fourth-order valence-corrected chi connectivity index (χ4v) is 7.76. The average molecular weight is 492 g/mol. The Balaban J connectivity index is 1.19. The number of hydrogen-bond acceptors (Lipinski definition) is 3. The van der Waals surface area contributed by atoms with E-state index in [-0.39, 0.29) is 11.3 Å². The van der Waals surface area contributed by atoms with Crippen LogP contribution in [0.1, 0.15) is 65.7 Å². The molecule has 188 valence electrons. The van der Waals surface area contributed by atoms with E-state index in [0.717, 1.165) is 29.1 Å². The van der Waals surface area contributed by atoms with Gasteiger partial charge in [0, 0.05) is 17.8 Å². The molecule has 0 atom stereocenters. The lowest BCUT2D eigenvalue weighted by Crippen LogP contribution is -2.49. The van der Waals surface area contributed by atoms with E-state index in [9.17, 15) is 4.79 Å². The first kappa shape index (κ1) is 22.5. The van der Waals surface area contributed by atoms with Crippen LogP contribution in [-0.2, 0) is 12.0 Å². The Morgan fingerprint density at radius 2 is 1.70 bits per heavy atom. The van der Waals surface area contributed by atoms with Gasteiger partial charge in [-0.05, 0) is 80.9 Å². The summed E-state index contributed by atoms with van der Waals surface area (Å²) in [4.78, 5) is 13.8. The maximum absolute atomic E-state index is 13.8. The molecule has 4 aliphatic carbocycles. The number of para-hydroxylation sites is 1. The number of aromatic nitrogens is 4. The number of aryl methyl sites for hydroxylation is 1. The van der Waals surface area contributed by atoms with E-state index >= 15 is 0 Å². The van der Waals surface area contributed by atoms with Gasteiger partial charge >= 0.3 is 0 Å². The third-order valence-corrected chi connectivity index (χ3v) is 8.84. The lowest BCUT2D eigenvalue weighted by molar-refractivity contribution is -0.00765. The lowest BCUT2D eigenvalue weighted by Gasteiger charge is -2.56. The maximum atomic E-state index is 13.8. The van der Waals surface area contributed by atoms with E-state index in [2.05, 4.69) is 41.6 Å². The number of benzene rings is 2. The molecule has 4 bridgehead atoms. The molecule has 1 N–H and O–H groups in total. The van der Waals surface area contributed by atoms with Crippen LogP contribution in [-0.4, -0.2) is 25.5 Å². The van der Waals surface area contributed by atoms with Crippen LogP contribution < -0.4 is 5.32 Å². The van der Waals surface area contributed by atoms with E-state index in [1.54, 1.807) is 6.20 Å². The van der Waals surface area contributed by atoms with Crippen molar-refractivity contribution in [2.75, 3.05) is 5.32 Å². The lowest BCUT2D eigenvalue weighted by atomic mass is 9.48. The molecule has 0 aliphatic heterocycles. The molecule has 6 heteroatoms. The second kappa shape index (κ2) is 8.72. The normalized spacial score (nSPS) is 25.9. The molecule has 6 nitrogen and oxygen atoms in total. The van der Waals surface area contributed by atoms with Crippen molar-refractivity contribution >= 4 is 11.6 Å². The Morgan fingerprint density at radius 1 is 0.973 bits per heavy atom. The molecule has 0 saturated heterocycles. The highest BCUT2D eigenvalue weighted by molar-refractivity contribution is 6.05. The topological polar surface area (TPSA) is 64.7 Å². The number of carbonyl (C=O) groups excluding carboxylic acids is 1. The predicted octanol–water partition coefficient (Wildman–Crippen LogP) is 6.15. The van der Waals surface area contributed by atoms with Crippen molar-refractivity contribution in [2.24, 2.45) is 17.8 Å². The average Bonchev–Trinajstić information content (AvgIpc) is 3.52. The van der Waals surface area contributed by atoms with Gasteiger partial charge in [0.1, 0.15) is 0 Å². The van der Waals surface area contributed by atoms with Crippen LogP contribution in [0.15, 0.2) is 73.2 Å². The van der Waals surface area contributed by atoms with E-state index in [0.29, 0.717) is 17.8 Å². The first-order valence-electron chi connectivity index (χ1n) is 13.6. The number of hydrogen-bond donors (Lipinski definition) is 1. The monoisotopic (exact) mass is 491 g/mol. The molecule has 4 aliphatic rings. The number of nitrogens with zero attached hydrogens (tertiary/aromatic N) is 4. The van der Waals surface area contributed by atoms with E-state index < -0.39 is 0 Å². The van der Waals surface area contributed by atoms with Crippen LogP contribution in [0.2, 0.25) is 0 Å². The SMILES string of the molecule is Cc1cccc(Cn2cc(NC(=O)c3cn(-c4ccccc4)nc3C34CC5CC(CC(C5)C3)C4)cn2)c1. The molecule has 4 fully saturated rings. The fourth-order valence-electron chi connectivity index (χ4n) is 7.76. The van der Waals surface area contributed by atoms with Gasteiger partial charge in [-0.15, -0.1) is 0 Å². The van der Waals surface area contributed by atoms with Crippen molar-refractivity contribution < 1.29 is 4.79 Å². The summed E-state index contributed by atoms with van der Waals surface area (Å²) in [7, 11) is 0. The van der Waals surface area contributed by atoms with E-state index in [4.69, 9.17) is 5.10 Å². The zero-order valence-corrected chi connectivity index (χ0v) is 21.3. The molecular formula is C31H33N5O. The number of rotatable bonds is 6. The number of anilines is 1. The first-order valence-corrected chi connectivity index (χ1v) is 13.6. The fraction of sp³-hybridized carbons (Fsp3) is 0.387. The molecule has 0 radical (unpaired) electrons. The molecule has 2 heterocycles. The van der Waals surface area contributed by atoms with Gasteiger partial charge in [0.15, 0.2) is 0 Å². The minimum Gasteiger partial charge on any atom is -0.319 e. The molecule has 2 aromatic carbocycles. The summed E-state index contributed by atoms with van der Waals surface area (Å²) in [6.45, 7) is 2.76. The summed E-state index contributed by atoms with van der Waals surface area (Å²) in [6.07, 6.45) is 13.2. The Morgan fingerprint density at radius 3 is 2.41 bits per heavy atom. The second-order valence-electron chi connectivity index (χ2n) is 11.7. The molecule has 4 saturated carbocycles. The standard InChI is InChI=1S/C31H33N5O/c1-21-6-5-7-22(10-21)18-35-19-26(17-32-35)33-30(37)28-20-36(27-8-3-2-4-9-27)34-29(28)31-14-23-11-24(15-31)13-25(12-23)16-31/h2-10,17,19-20,23-25H,11-16,18H2,1H3,(H,33,37). The van der Waals surface area contributed by atoms with E-state index in [1.165, 1.54) is 49.7 Å². The van der Waals surface area contributed by atoms with Gasteiger partial charge in [0.2, 0.25) is 0 Å². The van der Waals surface area contributed by atoms with Crippen LogP contribution in [0.3, 0.4) is 0 Å². The summed E-state index contributed by atoms with van der Waals surface area (Å²) in [5, 5.41) is 12.8. The summed E-state index contributed by atoms with van der Waals surface area (Å²) < 4.78 is 3.78. The van der Waals surface area contributed by atoms with Crippen LogP contribution in [0.5, 0.6) is 0 Å². The summed E-state index contributed by atoms with van der Waals surface area (Å²) in [5.74, 6) is 2.25. The second-order valence-corrected chi connectivity index (χ2v) is 11.7. The van der Waals surface area contributed by atoms with Gasteiger partial charge in [-0.25, -0.2) is 4.68 Å². The first-order chi connectivity index (χ1) is 18.0. The summed E-state index contributed by atoms with van der Waals surface area (Å²) in [5.41, 5.74) is 5.84. The highest BCUT2D eigenvalue weighted by atomic mass is 16.1. The van der Waals surface area contributed by atoms with Crippen LogP contribution >= 0.6 is 0 Å². The van der Waals surface area contributed by atoms with Gasteiger partial charge < -0.3 is 5.32 Å². The highest BCUT2D eigenvalue weighted by Gasteiger charge is 2.53. The highest BCUT2D eigenvalue weighted by Crippen LogP contribution is 2.60. The molecule has 1 amide bonds. The molecule has 8 rings (SSSR count). The molecule has 0 unspecified atom stereocenters. The quantitative estimate of drug-likeness (QED) is 0.352. The van der Waals surface area contributed by atoms with Gasteiger partial charge in [0.25, 0.3) is 5.91 Å². The maximum Gasteiger partial charge on any atom is 0.259 e. The largest absolute Gasteiger partial charge is 0.319 e. The molecule has 2 aromatic heterocycles. The van der Waals surface area contributed by atoms with Gasteiger partial charge in [0.05, 0.1) is 35.4 Å². The van der Waals surface area contributed by atoms with Crippen molar-refractivity contribution in [1.82, 2.24) is 19.6 Å². The summed E-state index contributed by atoms with van der Waals surface area (Å²) >= 11 is 0. The van der Waals surface area contributed by atoms with Gasteiger partial charge in [-0.3, -0.25) is 9.48 Å². The Bertz CT molecular complexity index is 1410. The Labute approximate surface area is 217 Å². The Kier molecular flexibility index (Phi) is 5.31. The van der Waals surface area contributed by atoms with Crippen LogP contribution in [0.4, 0.5) is 5.69 Å². The molecule has 0 spiro atoms. The smallest absolute Gasteiger partial charge is 0.259 e. The minimum absolute atomic E-state index is 0.0246. The number of nitrogens with one attached hydrogen (secondary N) is 1. The number of carbonyl (C=O) groups is 1. The number of amides is 1.